The van der Waals surface area contributed by atoms with Gasteiger partial charge in [0.05, 0.1) is 23.9 Å². The molecule has 0 spiro atoms. The second kappa shape index (κ2) is 9.16. The van der Waals surface area contributed by atoms with Crippen LogP contribution in [0.5, 0.6) is 0 Å². The van der Waals surface area contributed by atoms with Gasteiger partial charge in [0, 0.05) is 12.0 Å². The lowest BCUT2D eigenvalue weighted by atomic mass is 9.43. The van der Waals surface area contributed by atoms with Gasteiger partial charge < -0.3 is 40.7 Å². The molecule has 202 valence electrons. The average Bonchev–Trinajstić information content (AvgIpc) is 3.12. The zero-order valence-electron chi connectivity index (χ0n) is 21.6. The third-order valence-electron chi connectivity index (χ3n) is 11.7. The normalized spacial score (nSPS) is 57.2. The molecule has 0 radical (unpaired) electrons. The van der Waals surface area contributed by atoms with Gasteiger partial charge in [0.25, 0.3) is 0 Å². The standard InChI is InChI=1S/C27H47NO7/c1-14-21(30)22(31)23(32)24(34-14)35-16-6-9-25(2)15(12-16)4-5-18-17(25)7-10-26(3)19(20(29)13-28)8-11-27(18,26)33/h14-24,29-33H,4-13,28H2,1-3H3/t14-,15+,16-,17-,18+,19+,20-,21-,22+,23+,24-,25-,26+,27-/m0/s1. The monoisotopic (exact) mass is 497 g/mol. The van der Waals surface area contributed by atoms with Crippen molar-refractivity contribution in [3.05, 3.63) is 0 Å². The van der Waals surface area contributed by atoms with Crippen molar-refractivity contribution >= 4 is 0 Å². The Labute approximate surface area is 209 Å². The molecule has 14 atom stereocenters. The maximum Gasteiger partial charge on any atom is 0.186 e. The highest BCUT2D eigenvalue weighted by molar-refractivity contribution is 5.17. The summed E-state index contributed by atoms with van der Waals surface area (Å²) in [7, 11) is 0. The highest BCUT2D eigenvalue weighted by Crippen LogP contribution is 2.69. The summed E-state index contributed by atoms with van der Waals surface area (Å²) >= 11 is 0. The van der Waals surface area contributed by atoms with Gasteiger partial charge in [-0.3, -0.25) is 0 Å². The number of fused-ring (bicyclic) bond motifs is 5. The summed E-state index contributed by atoms with van der Waals surface area (Å²) in [6.45, 7) is 6.53. The first-order valence-corrected chi connectivity index (χ1v) is 13.9. The maximum absolute atomic E-state index is 12.2. The Kier molecular flexibility index (Phi) is 6.88. The van der Waals surface area contributed by atoms with E-state index in [4.69, 9.17) is 15.2 Å². The molecule has 0 aromatic carbocycles. The number of rotatable bonds is 4. The molecular weight excluding hydrogens is 450 g/mol. The molecule has 0 unspecified atom stereocenters. The molecule has 4 saturated carbocycles. The molecule has 8 nitrogen and oxygen atoms in total. The van der Waals surface area contributed by atoms with Crippen molar-refractivity contribution < 1.29 is 35.0 Å². The van der Waals surface area contributed by atoms with Gasteiger partial charge in [0.1, 0.15) is 18.3 Å². The van der Waals surface area contributed by atoms with E-state index >= 15 is 0 Å². The topological polar surface area (TPSA) is 146 Å². The summed E-state index contributed by atoms with van der Waals surface area (Å²) < 4.78 is 11.9. The maximum atomic E-state index is 12.2. The van der Waals surface area contributed by atoms with Crippen LogP contribution in [-0.4, -0.2) is 80.6 Å². The quantitative estimate of drug-likeness (QED) is 0.319. The number of hydrogen-bond donors (Lipinski definition) is 6. The predicted molar refractivity (Wildman–Crippen MR) is 129 cm³/mol. The molecule has 0 amide bonds. The Bertz CT molecular complexity index is 785. The van der Waals surface area contributed by atoms with E-state index in [1.54, 1.807) is 6.92 Å². The van der Waals surface area contributed by atoms with Crippen LogP contribution in [0.2, 0.25) is 0 Å². The van der Waals surface area contributed by atoms with E-state index in [0.717, 1.165) is 57.8 Å². The van der Waals surface area contributed by atoms with Crippen molar-refractivity contribution in [2.75, 3.05) is 6.54 Å². The van der Waals surface area contributed by atoms with Crippen molar-refractivity contribution in [3.8, 4) is 0 Å². The van der Waals surface area contributed by atoms with Crippen LogP contribution in [0, 0.1) is 34.5 Å². The summed E-state index contributed by atoms with van der Waals surface area (Å²) in [5.41, 5.74) is 4.93. The van der Waals surface area contributed by atoms with Crippen LogP contribution >= 0.6 is 0 Å². The van der Waals surface area contributed by atoms with E-state index in [-0.39, 0.29) is 35.3 Å². The summed E-state index contributed by atoms with van der Waals surface area (Å²) in [6.07, 6.45) is 2.50. The fourth-order valence-electron chi connectivity index (χ4n) is 9.45. The first-order chi connectivity index (χ1) is 16.5. The summed E-state index contributed by atoms with van der Waals surface area (Å²) in [6, 6.07) is 0. The molecule has 8 heteroatoms. The van der Waals surface area contributed by atoms with E-state index in [1.165, 1.54) is 0 Å². The fourth-order valence-corrected chi connectivity index (χ4v) is 9.45. The largest absolute Gasteiger partial charge is 0.391 e. The number of nitrogens with two attached hydrogens (primary N) is 1. The summed E-state index contributed by atoms with van der Waals surface area (Å²) in [4.78, 5) is 0. The van der Waals surface area contributed by atoms with Gasteiger partial charge in [0.15, 0.2) is 6.29 Å². The van der Waals surface area contributed by atoms with E-state index in [9.17, 15) is 25.5 Å². The minimum Gasteiger partial charge on any atom is -0.391 e. The number of ether oxygens (including phenoxy) is 2. The zero-order valence-corrected chi connectivity index (χ0v) is 21.6. The van der Waals surface area contributed by atoms with Gasteiger partial charge in [0.2, 0.25) is 0 Å². The first-order valence-electron chi connectivity index (χ1n) is 13.9. The third-order valence-corrected chi connectivity index (χ3v) is 11.7. The SMILES string of the molecule is C[C@@H]1O[C@@H](O[C@H]2CC[C@@]3(C)[C@H](CC[C@@H]4[C@@H]3CC[C@]3(C)[C@@H]([C@@H](O)CN)CC[C@]43O)C2)[C@H](O)[C@H](O)[C@H]1O. The summed E-state index contributed by atoms with van der Waals surface area (Å²) in [5.74, 6) is 1.22. The zero-order chi connectivity index (χ0) is 25.3. The van der Waals surface area contributed by atoms with Crippen molar-refractivity contribution in [1.82, 2.24) is 0 Å². The minimum atomic E-state index is -1.28. The Balaban J connectivity index is 1.28. The molecule has 0 aromatic rings. The molecule has 4 aliphatic carbocycles. The van der Waals surface area contributed by atoms with Gasteiger partial charge in [-0.05, 0) is 93.8 Å². The Morgan fingerprint density at radius 2 is 1.69 bits per heavy atom. The minimum absolute atomic E-state index is 0.0614. The van der Waals surface area contributed by atoms with Crippen LogP contribution in [0.1, 0.15) is 78.6 Å². The lowest BCUT2D eigenvalue weighted by molar-refractivity contribution is -0.310. The van der Waals surface area contributed by atoms with E-state index in [0.29, 0.717) is 11.8 Å². The fraction of sp³-hybridized carbons (Fsp3) is 1.00. The smallest absolute Gasteiger partial charge is 0.186 e. The van der Waals surface area contributed by atoms with Crippen molar-refractivity contribution in [1.29, 1.82) is 0 Å². The number of aliphatic hydroxyl groups excluding tert-OH is 4. The van der Waals surface area contributed by atoms with Crippen LogP contribution in [-0.2, 0) is 9.47 Å². The van der Waals surface area contributed by atoms with Crippen LogP contribution in [0.15, 0.2) is 0 Å². The van der Waals surface area contributed by atoms with Crippen molar-refractivity contribution in [3.63, 3.8) is 0 Å². The van der Waals surface area contributed by atoms with Crippen LogP contribution in [0.3, 0.4) is 0 Å². The molecule has 35 heavy (non-hydrogen) atoms. The van der Waals surface area contributed by atoms with E-state index < -0.39 is 42.4 Å². The van der Waals surface area contributed by atoms with Crippen LogP contribution in [0.25, 0.3) is 0 Å². The van der Waals surface area contributed by atoms with E-state index in [1.807, 2.05) is 0 Å². The molecular formula is C27H47NO7. The first kappa shape index (κ1) is 26.3. The second-order valence-corrected chi connectivity index (χ2v) is 13.0. The molecule has 7 N–H and O–H groups in total. The van der Waals surface area contributed by atoms with Gasteiger partial charge in [-0.2, -0.15) is 0 Å². The molecule has 1 heterocycles. The van der Waals surface area contributed by atoms with Gasteiger partial charge in [-0.1, -0.05) is 13.8 Å². The number of aliphatic hydroxyl groups is 5. The molecule has 0 bridgehead atoms. The Hall–Kier alpha value is -0.320. The van der Waals surface area contributed by atoms with Gasteiger partial charge in [-0.15, -0.1) is 0 Å². The molecule has 0 aromatic heterocycles. The molecule has 1 saturated heterocycles. The predicted octanol–water partition coefficient (Wildman–Crippen LogP) is 1.29. The Morgan fingerprint density at radius 3 is 2.40 bits per heavy atom. The number of hydrogen-bond acceptors (Lipinski definition) is 8. The van der Waals surface area contributed by atoms with E-state index in [2.05, 4.69) is 13.8 Å². The summed E-state index contributed by atoms with van der Waals surface area (Å²) in [5, 5.41) is 53.3. The molecule has 5 rings (SSSR count). The molecule has 5 fully saturated rings. The third kappa shape index (κ3) is 3.85. The lowest BCUT2D eigenvalue weighted by Crippen LogP contribution is -2.63. The van der Waals surface area contributed by atoms with Crippen molar-refractivity contribution in [2.24, 2.45) is 40.2 Å². The second-order valence-electron chi connectivity index (χ2n) is 13.0. The highest BCUT2D eigenvalue weighted by atomic mass is 16.7. The average molecular weight is 498 g/mol. The molecule has 1 aliphatic heterocycles. The van der Waals surface area contributed by atoms with Gasteiger partial charge in [-0.25, -0.2) is 0 Å². The van der Waals surface area contributed by atoms with Crippen molar-refractivity contribution in [2.45, 2.75) is 127 Å². The van der Waals surface area contributed by atoms with Crippen LogP contribution < -0.4 is 5.73 Å². The molecule has 5 aliphatic rings. The van der Waals surface area contributed by atoms with Crippen LogP contribution in [0.4, 0.5) is 0 Å². The highest BCUT2D eigenvalue weighted by Gasteiger charge is 2.68. The lowest BCUT2D eigenvalue weighted by Gasteiger charge is -2.64. The Morgan fingerprint density at radius 1 is 0.943 bits per heavy atom. The van der Waals surface area contributed by atoms with Gasteiger partial charge >= 0.3 is 0 Å².